The number of aromatic amines is 1. The molecule has 1 rings (SSSR count). The van der Waals surface area contributed by atoms with E-state index in [9.17, 15) is 9.13 Å². The Morgan fingerprint density at radius 3 is 2.13 bits per heavy atom. The molecule has 0 aliphatic carbocycles. The van der Waals surface area contributed by atoms with Gasteiger partial charge in [0, 0.05) is 6.42 Å². The smallest absolute Gasteiger partial charge is 0.324 e. The zero-order chi connectivity index (χ0) is 11.7. The minimum absolute atomic E-state index is 0.0756. The van der Waals surface area contributed by atoms with Crippen molar-refractivity contribution in [2.24, 2.45) is 0 Å². The van der Waals surface area contributed by atoms with E-state index in [0.29, 0.717) is 0 Å². The molecule has 0 bridgehead atoms. The van der Waals surface area contributed by atoms with E-state index in [1.54, 1.807) is 0 Å². The third kappa shape index (κ3) is 3.49. The highest BCUT2D eigenvalue weighted by Gasteiger charge is 2.43. The van der Waals surface area contributed by atoms with Crippen LogP contribution in [0.1, 0.15) is 5.69 Å². The summed E-state index contributed by atoms with van der Waals surface area (Å²) >= 11 is 0. The minimum atomic E-state index is -4.88. The number of rotatable bonds is 4. The first-order valence-corrected chi connectivity index (χ1v) is 7.02. The lowest BCUT2D eigenvalue weighted by molar-refractivity contribution is 0.337. The number of hydrogen-bond donors (Lipinski definition) is 5. The van der Waals surface area contributed by atoms with Gasteiger partial charge < -0.3 is 19.6 Å². The lowest BCUT2D eigenvalue weighted by Gasteiger charge is -2.17. The van der Waals surface area contributed by atoms with Crippen molar-refractivity contribution in [3.8, 4) is 0 Å². The summed E-state index contributed by atoms with van der Waals surface area (Å²) in [5.41, 5.74) is 0.0756. The van der Waals surface area contributed by atoms with Crippen LogP contribution in [0.4, 0.5) is 0 Å². The van der Waals surface area contributed by atoms with Gasteiger partial charge in [0.15, 0.2) is 5.40 Å². The van der Waals surface area contributed by atoms with Crippen LogP contribution in [0.3, 0.4) is 0 Å². The number of H-pyrrole nitrogens is 1. The zero-order valence-corrected chi connectivity index (χ0v) is 9.04. The fourth-order valence-corrected chi connectivity index (χ4v) is 3.36. The Kier molecular flexibility index (Phi) is 3.44. The fourth-order valence-electron chi connectivity index (χ4n) is 0.945. The molecule has 9 nitrogen and oxygen atoms in total. The van der Waals surface area contributed by atoms with Gasteiger partial charge in [-0.25, -0.2) is 0 Å². The Labute approximate surface area is 83.8 Å². The summed E-state index contributed by atoms with van der Waals surface area (Å²) in [5, 5.41) is 6.92. The van der Waals surface area contributed by atoms with Crippen LogP contribution in [0.15, 0.2) is 6.20 Å². The summed E-state index contributed by atoms with van der Waals surface area (Å²) in [5.74, 6) is 0. The zero-order valence-electron chi connectivity index (χ0n) is 7.26. The van der Waals surface area contributed by atoms with Crippen molar-refractivity contribution in [1.29, 1.82) is 0 Å². The fraction of sp³-hybridized carbons (Fsp3) is 0.500. The summed E-state index contributed by atoms with van der Waals surface area (Å²) in [6, 6.07) is 0. The Bertz CT molecular complexity index is 384. The highest BCUT2D eigenvalue weighted by atomic mass is 31.2. The minimum Gasteiger partial charge on any atom is -0.324 e. The molecule has 1 aromatic rings. The van der Waals surface area contributed by atoms with Crippen LogP contribution in [0, 0.1) is 0 Å². The molecule has 15 heavy (non-hydrogen) atoms. The number of nitrogens with zero attached hydrogens (tertiary/aromatic N) is 2. The average Bonchev–Trinajstić information content (AvgIpc) is 2.46. The van der Waals surface area contributed by atoms with Crippen molar-refractivity contribution in [3.63, 3.8) is 0 Å². The molecule has 0 aromatic carbocycles. The molecule has 0 radical (unpaired) electrons. The third-order valence-electron chi connectivity index (χ3n) is 1.63. The average molecular weight is 257 g/mol. The molecule has 1 aromatic heterocycles. The van der Waals surface area contributed by atoms with E-state index in [1.807, 2.05) is 0 Å². The van der Waals surface area contributed by atoms with Crippen LogP contribution in [-0.4, -0.2) is 40.4 Å². The van der Waals surface area contributed by atoms with Crippen LogP contribution >= 0.6 is 15.2 Å². The van der Waals surface area contributed by atoms with Gasteiger partial charge in [0.25, 0.3) is 0 Å². The maximum absolute atomic E-state index is 10.8. The van der Waals surface area contributed by atoms with Crippen LogP contribution in [0.5, 0.6) is 0 Å². The summed E-state index contributed by atoms with van der Waals surface area (Å²) in [7, 11) is -9.77. The SMILES string of the molecule is O=P(O)(O)C(Cc1cn[nH]n1)P(=O)(O)O. The van der Waals surface area contributed by atoms with Gasteiger partial charge in [-0.2, -0.15) is 15.4 Å². The summed E-state index contributed by atoms with van der Waals surface area (Å²) in [6.07, 6.45) is 0.601. The van der Waals surface area contributed by atoms with Gasteiger partial charge in [-0.15, -0.1) is 0 Å². The molecule has 1 heterocycles. The Hall–Kier alpha value is -0.560. The predicted octanol–water partition coefficient (Wildman–Crippen LogP) is -0.971. The molecule has 0 atom stereocenters. The van der Waals surface area contributed by atoms with E-state index in [-0.39, 0.29) is 5.69 Å². The largest absolute Gasteiger partial charge is 0.341 e. The Balaban J connectivity index is 2.95. The second-order valence-electron chi connectivity index (χ2n) is 2.82. The lowest BCUT2D eigenvalue weighted by Crippen LogP contribution is -2.13. The maximum Gasteiger partial charge on any atom is 0.341 e. The van der Waals surface area contributed by atoms with Gasteiger partial charge in [0.05, 0.1) is 11.9 Å². The topological polar surface area (TPSA) is 157 Å². The Morgan fingerprint density at radius 2 is 1.80 bits per heavy atom. The lowest BCUT2D eigenvalue weighted by atomic mass is 10.4. The van der Waals surface area contributed by atoms with Gasteiger partial charge in [-0.3, -0.25) is 9.13 Å². The molecule has 0 aliphatic heterocycles. The predicted molar refractivity (Wildman–Crippen MR) is 48.0 cm³/mol. The van der Waals surface area contributed by atoms with Crippen LogP contribution < -0.4 is 0 Å². The first-order chi connectivity index (χ1) is 6.71. The van der Waals surface area contributed by atoms with E-state index in [1.165, 1.54) is 0 Å². The van der Waals surface area contributed by atoms with Crippen molar-refractivity contribution in [1.82, 2.24) is 15.4 Å². The first kappa shape index (κ1) is 12.5. The van der Waals surface area contributed by atoms with E-state index in [0.717, 1.165) is 6.20 Å². The summed E-state index contributed by atoms with van der Waals surface area (Å²) < 4.78 is 21.7. The molecule has 0 fully saturated rings. The molecular formula is C4H9N3O6P2. The Morgan fingerprint density at radius 1 is 1.27 bits per heavy atom. The highest BCUT2D eigenvalue weighted by Crippen LogP contribution is 2.60. The molecule has 86 valence electrons. The summed E-state index contributed by atoms with van der Waals surface area (Å²) in [6.45, 7) is 0. The monoisotopic (exact) mass is 257 g/mol. The maximum atomic E-state index is 10.8. The van der Waals surface area contributed by atoms with Crippen LogP contribution in [0.2, 0.25) is 0 Å². The second kappa shape index (κ2) is 4.13. The molecule has 0 aliphatic rings. The van der Waals surface area contributed by atoms with Crippen molar-refractivity contribution < 1.29 is 28.7 Å². The summed E-state index contributed by atoms with van der Waals surface area (Å²) in [4.78, 5) is 35.1. The van der Waals surface area contributed by atoms with Gasteiger partial charge in [-0.05, 0) is 0 Å². The van der Waals surface area contributed by atoms with Crippen molar-refractivity contribution in [3.05, 3.63) is 11.9 Å². The van der Waals surface area contributed by atoms with Gasteiger partial charge in [0.1, 0.15) is 0 Å². The van der Waals surface area contributed by atoms with Gasteiger partial charge in [0.2, 0.25) is 0 Å². The quantitative estimate of drug-likeness (QED) is 0.431. The standard InChI is InChI=1S/C4H9N3O6P2/c8-14(9,10)4(15(11,12)13)1-3-2-5-7-6-3/h2,4H,1H2,(H,5,6,7)(H2,8,9,10)(H2,11,12,13). The van der Waals surface area contributed by atoms with E-state index >= 15 is 0 Å². The van der Waals surface area contributed by atoms with Crippen LogP contribution in [-0.2, 0) is 15.6 Å². The van der Waals surface area contributed by atoms with E-state index < -0.39 is 27.0 Å². The van der Waals surface area contributed by atoms with E-state index in [2.05, 4.69) is 15.4 Å². The molecule has 0 unspecified atom stereocenters. The highest BCUT2D eigenvalue weighted by molar-refractivity contribution is 7.70. The molecule has 0 saturated carbocycles. The van der Waals surface area contributed by atoms with Crippen molar-refractivity contribution in [2.75, 3.05) is 0 Å². The number of nitrogens with one attached hydrogen (secondary N) is 1. The van der Waals surface area contributed by atoms with E-state index in [4.69, 9.17) is 19.6 Å². The number of aromatic nitrogens is 3. The normalized spacial score (nSPS) is 13.4. The van der Waals surface area contributed by atoms with Crippen molar-refractivity contribution in [2.45, 2.75) is 11.8 Å². The second-order valence-corrected chi connectivity index (χ2v) is 6.83. The van der Waals surface area contributed by atoms with Gasteiger partial charge in [-0.1, -0.05) is 0 Å². The molecule has 5 N–H and O–H groups in total. The molecule has 0 spiro atoms. The van der Waals surface area contributed by atoms with Crippen molar-refractivity contribution >= 4 is 15.2 Å². The first-order valence-electron chi connectivity index (χ1n) is 3.66. The molecule has 0 amide bonds. The van der Waals surface area contributed by atoms with Gasteiger partial charge >= 0.3 is 15.2 Å². The molecule has 11 heteroatoms. The molecule has 0 saturated heterocycles. The third-order valence-corrected chi connectivity index (χ3v) is 5.36. The molecular weight excluding hydrogens is 248 g/mol. The van der Waals surface area contributed by atoms with Crippen LogP contribution in [0.25, 0.3) is 0 Å². The number of hydrogen-bond acceptors (Lipinski definition) is 4.